The first kappa shape index (κ1) is 20.4. The molecule has 0 bridgehead atoms. The molecule has 0 aliphatic carbocycles. The molecule has 0 aliphatic heterocycles. The normalized spacial score (nSPS) is 14.1. The van der Waals surface area contributed by atoms with E-state index in [0.29, 0.717) is 13.0 Å². The van der Waals surface area contributed by atoms with Gasteiger partial charge in [-0.1, -0.05) is 35.9 Å². The van der Waals surface area contributed by atoms with E-state index in [1.54, 1.807) is 13.1 Å². The van der Waals surface area contributed by atoms with Gasteiger partial charge in [-0.05, 0) is 46.1 Å². The Kier molecular flexibility index (Phi) is 7.18. The van der Waals surface area contributed by atoms with Gasteiger partial charge in [-0.15, -0.1) is 6.58 Å². The summed E-state index contributed by atoms with van der Waals surface area (Å²) in [4.78, 5) is 18.0. The molecule has 0 saturated carbocycles. The molecule has 0 N–H and O–H groups in total. The van der Waals surface area contributed by atoms with Crippen LogP contribution in [0.25, 0.3) is 0 Å². The molecule has 1 rings (SSSR count). The van der Waals surface area contributed by atoms with Gasteiger partial charge in [0.2, 0.25) is 0 Å². The molecule has 0 radical (unpaired) electrons. The van der Waals surface area contributed by atoms with Crippen LogP contribution in [0.15, 0.2) is 36.9 Å². The van der Waals surface area contributed by atoms with E-state index in [9.17, 15) is 4.79 Å². The number of carbonyl (C=O) groups excluding carboxylic acids is 1. The van der Waals surface area contributed by atoms with E-state index in [1.807, 2.05) is 45.9 Å². The van der Waals surface area contributed by atoms with E-state index < -0.39 is 5.41 Å². The highest BCUT2D eigenvalue weighted by atomic mass is 16.7. The van der Waals surface area contributed by atoms with Crippen molar-refractivity contribution < 1.29 is 14.4 Å². The van der Waals surface area contributed by atoms with Crippen molar-refractivity contribution in [1.29, 1.82) is 0 Å². The van der Waals surface area contributed by atoms with Crippen LogP contribution in [0, 0.1) is 6.92 Å². The molecule has 134 valence electrons. The fourth-order valence-corrected chi connectivity index (χ4v) is 2.61. The van der Waals surface area contributed by atoms with Crippen LogP contribution in [0.4, 0.5) is 0 Å². The molecule has 0 heterocycles. The number of hydrogen-bond donors (Lipinski definition) is 0. The number of rotatable bonds is 9. The van der Waals surface area contributed by atoms with E-state index in [2.05, 4.69) is 12.6 Å². The van der Waals surface area contributed by atoms with E-state index in [4.69, 9.17) is 9.57 Å². The van der Waals surface area contributed by atoms with E-state index >= 15 is 0 Å². The molecule has 1 amide bonds. The van der Waals surface area contributed by atoms with Crippen LogP contribution in [0.1, 0.15) is 44.7 Å². The number of hydroxylamine groups is 2. The summed E-state index contributed by atoms with van der Waals surface area (Å²) >= 11 is 0. The third-order valence-corrected chi connectivity index (χ3v) is 4.47. The van der Waals surface area contributed by atoms with Crippen LogP contribution in [0.2, 0.25) is 0 Å². The summed E-state index contributed by atoms with van der Waals surface area (Å²) in [5.74, 6) is -0.0569. The highest BCUT2D eigenvalue weighted by Gasteiger charge is 2.37. The maximum absolute atomic E-state index is 12.9. The second-order valence-electron chi connectivity index (χ2n) is 6.95. The largest absolute Gasteiger partial charge is 0.372 e. The molecule has 4 nitrogen and oxygen atoms in total. The zero-order chi connectivity index (χ0) is 18.4. The molecule has 1 atom stereocenters. The average molecular weight is 333 g/mol. The predicted octanol–water partition coefficient (Wildman–Crippen LogP) is 4.03. The van der Waals surface area contributed by atoms with Crippen LogP contribution in [0.5, 0.6) is 0 Å². The Morgan fingerprint density at radius 1 is 1.33 bits per heavy atom. The summed E-state index contributed by atoms with van der Waals surface area (Å²) in [6.07, 6.45) is 3.23. The van der Waals surface area contributed by atoms with Gasteiger partial charge in [-0.3, -0.25) is 9.63 Å². The molecule has 0 spiro atoms. The van der Waals surface area contributed by atoms with Crippen LogP contribution in [-0.2, 0) is 19.8 Å². The molecule has 1 aromatic carbocycles. The lowest BCUT2D eigenvalue weighted by Gasteiger charge is -2.32. The molecule has 1 unspecified atom stereocenters. The summed E-state index contributed by atoms with van der Waals surface area (Å²) in [7, 11) is 3.15. The zero-order valence-electron chi connectivity index (χ0n) is 15.9. The third kappa shape index (κ3) is 5.18. The number of amides is 1. The Balaban J connectivity index is 2.94. The van der Waals surface area contributed by atoms with Crippen molar-refractivity contribution in [2.75, 3.05) is 20.8 Å². The molecule has 24 heavy (non-hydrogen) atoms. The van der Waals surface area contributed by atoms with Crippen molar-refractivity contribution in [3.8, 4) is 0 Å². The number of aryl methyl sites for hydroxylation is 1. The first-order valence-electron chi connectivity index (χ1n) is 8.33. The van der Waals surface area contributed by atoms with Gasteiger partial charge in [-0.25, -0.2) is 5.06 Å². The lowest BCUT2D eigenvalue weighted by molar-refractivity contribution is -0.175. The lowest BCUT2D eigenvalue weighted by atomic mass is 9.77. The summed E-state index contributed by atoms with van der Waals surface area (Å²) in [5, 5.41) is 1.30. The minimum absolute atomic E-state index is 0.0569. The van der Waals surface area contributed by atoms with E-state index in [0.717, 1.165) is 17.5 Å². The monoisotopic (exact) mass is 333 g/mol. The Bertz CT molecular complexity index is 568. The first-order valence-corrected chi connectivity index (χ1v) is 8.33. The Morgan fingerprint density at radius 3 is 2.54 bits per heavy atom. The molecule has 0 fully saturated rings. The topological polar surface area (TPSA) is 38.8 Å². The molecule has 0 aliphatic rings. The van der Waals surface area contributed by atoms with Crippen molar-refractivity contribution in [1.82, 2.24) is 5.06 Å². The smallest absolute Gasteiger partial charge is 0.256 e. The number of ether oxygens (including phenoxy) is 1. The number of nitrogens with zero attached hydrogens (tertiary/aromatic N) is 1. The van der Waals surface area contributed by atoms with Gasteiger partial charge in [0.25, 0.3) is 5.91 Å². The molecular weight excluding hydrogens is 302 g/mol. The molecule has 1 aromatic rings. The highest BCUT2D eigenvalue weighted by Crippen LogP contribution is 2.32. The van der Waals surface area contributed by atoms with Gasteiger partial charge < -0.3 is 4.74 Å². The number of likely N-dealkylation sites (N-methyl/N-ethyl adjacent to an activating group) is 1. The maximum atomic E-state index is 12.9. The molecule has 0 aromatic heterocycles. The van der Waals surface area contributed by atoms with Crippen molar-refractivity contribution in [3.63, 3.8) is 0 Å². The third-order valence-electron chi connectivity index (χ3n) is 4.47. The Labute approximate surface area is 146 Å². The minimum atomic E-state index is -0.654. The zero-order valence-corrected chi connectivity index (χ0v) is 15.9. The standard InChI is InChI=1S/C20H31NO3/c1-8-19(3,4)24-14-10-13-20(5,18(22)21(6)23-7)17-12-9-11-16(2)15-17/h8-9,11-12,15H,1,10,13-14H2,2-7H3. The van der Waals surface area contributed by atoms with Gasteiger partial charge >= 0.3 is 0 Å². The molecule has 4 heteroatoms. The lowest BCUT2D eigenvalue weighted by Crippen LogP contribution is -2.43. The van der Waals surface area contributed by atoms with Crippen molar-refractivity contribution in [3.05, 3.63) is 48.0 Å². The van der Waals surface area contributed by atoms with Crippen LogP contribution in [0.3, 0.4) is 0 Å². The second kappa shape index (κ2) is 8.45. The average Bonchev–Trinajstić information content (AvgIpc) is 2.57. The van der Waals surface area contributed by atoms with Crippen LogP contribution < -0.4 is 0 Å². The van der Waals surface area contributed by atoms with Gasteiger partial charge in [0, 0.05) is 13.7 Å². The van der Waals surface area contributed by atoms with E-state index in [-0.39, 0.29) is 11.5 Å². The van der Waals surface area contributed by atoms with Crippen molar-refractivity contribution in [2.45, 2.75) is 51.6 Å². The summed E-state index contributed by atoms with van der Waals surface area (Å²) in [6, 6.07) is 8.09. The second-order valence-corrected chi connectivity index (χ2v) is 6.95. The summed E-state index contributed by atoms with van der Waals surface area (Å²) in [5.41, 5.74) is 1.13. The Morgan fingerprint density at radius 2 is 2.00 bits per heavy atom. The number of hydrogen-bond acceptors (Lipinski definition) is 3. The van der Waals surface area contributed by atoms with Crippen molar-refractivity contribution in [2.24, 2.45) is 0 Å². The molecule has 0 saturated heterocycles. The van der Waals surface area contributed by atoms with Crippen molar-refractivity contribution >= 4 is 5.91 Å². The van der Waals surface area contributed by atoms with Gasteiger partial charge in [-0.2, -0.15) is 0 Å². The number of benzene rings is 1. The van der Waals surface area contributed by atoms with E-state index in [1.165, 1.54) is 12.2 Å². The minimum Gasteiger partial charge on any atom is -0.372 e. The van der Waals surface area contributed by atoms with Gasteiger partial charge in [0.15, 0.2) is 0 Å². The Hall–Kier alpha value is -1.65. The fraction of sp³-hybridized carbons (Fsp3) is 0.550. The quantitative estimate of drug-likeness (QED) is 0.389. The van der Waals surface area contributed by atoms with Crippen LogP contribution >= 0.6 is 0 Å². The summed E-state index contributed by atoms with van der Waals surface area (Å²) < 4.78 is 5.83. The molecular formula is C20H31NO3. The van der Waals surface area contributed by atoms with Gasteiger partial charge in [0.1, 0.15) is 0 Å². The summed E-state index contributed by atoms with van der Waals surface area (Å²) in [6.45, 7) is 12.3. The maximum Gasteiger partial charge on any atom is 0.256 e. The fourth-order valence-electron chi connectivity index (χ4n) is 2.61. The predicted molar refractivity (Wildman–Crippen MR) is 97.8 cm³/mol. The van der Waals surface area contributed by atoms with Gasteiger partial charge in [0.05, 0.1) is 18.1 Å². The highest BCUT2D eigenvalue weighted by molar-refractivity contribution is 5.87. The van der Waals surface area contributed by atoms with Crippen LogP contribution in [-0.4, -0.2) is 37.3 Å². The first-order chi connectivity index (χ1) is 11.2. The SMILES string of the molecule is C=CC(C)(C)OCCCC(C)(C(=O)N(C)OC)c1cccc(C)c1. The number of carbonyl (C=O) groups is 1.